The maximum absolute atomic E-state index is 13.5. The Balaban J connectivity index is 2.18. The predicted molar refractivity (Wildman–Crippen MR) is 66.2 cm³/mol. The van der Waals surface area contributed by atoms with Gasteiger partial charge in [0.2, 0.25) is 0 Å². The fourth-order valence-corrected chi connectivity index (χ4v) is 2.56. The second-order valence-electron chi connectivity index (χ2n) is 4.80. The van der Waals surface area contributed by atoms with Gasteiger partial charge in [-0.1, -0.05) is 19.1 Å². The summed E-state index contributed by atoms with van der Waals surface area (Å²) in [7, 11) is 0. The molecule has 1 aliphatic heterocycles. The van der Waals surface area contributed by atoms with Gasteiger partial charge in [0.25, 0.3) is 0 Å². The summed E-state index contributed by atoms with van der Waals surface area (Å²) in [6, 6.07) is 5.15. The third-order valence-electron chi connectivity index (χ3n) is 3.71. The Labute approximate surface area is 102 Å². The summed E-state index contributed by atoms with van der Waals surface area (Å²) in [4.78, 5) is 0. The van der Waals surface area contributed by atoms with E-state index in [9.17, 15) is 4.39 Å². The van der Waals surface area contributed by atoms with E-state index in [0.29, 0.717) is 11.5 Å². The largest absolute Gasteiger partial charge is 0.378 e. The Hall–Kier alpha value is -0.930. The van der Waals surface area contributed by atoms with Crippen LogP contribution in [-0.2, 0) is 4.74 Å². The molecule has 0 aromatic heterocycles. The molecule has 3 atom stereocenters. The van der Waals surface area contributed by atoms with Crippen molar-refractivity contribution in [1.29, 1.82) is 0 Å². The third kappa shape index (κ3) is 2.50. The number of rotatable bonds is 3. The standard InChI is InChI=1S/C14H20FNO/c1-3-13-11(6-7-17-13)14(16)10-5-4-9(2)12(15)8-10/h4-5,8,11,13-14H,3,6-7,16H2,1-2H3. The fraction of sp³-hybridized carbons (Fsp3) is 0.571. The van der Waals surface area contributed by atoms with Gasteiger partial charge in [0, 0.05) is 18.6 Å². The van der Waals surface area contributed by atoms with Gasteiger partial charge in [0.05, 0.1) is 6.10 Å². The molecule has 1 aromatic rings. The normalized spacial score (nSPS) is 26.1. The highest BCUT2D eigenvalue weighted by Gasteiger charge is 2.32. The molecule has 2 rings (SSSR count). The lowest BCUT2D eigenvalue weighted by Crippen LogP contribution is -2.28. The summed E-state index contributed by atoms with van der Waals surface area (Å²) in [5.41, 5.74) is 7.78. The number of hydrogen-bond acceptors (Lipinski definition) is 2. The fourth-order valence-electron chi connectivity index (χ4n) is 2.56. The van der Waals surface area contributed by atoms with Crippen molar-refractivity contribution >= 4 is 0 Å². The van der Waals surface area contributed by atoms with Gasteiger partial charge in [-0.05, 0) is 37.0 Å². The van der Waals surface area contributed by atoms with Gasteiger partial charge in [-0.2, -0.15) is 0 Å². The monoisotopic (exact) mass is 237 g/mol. The Morgan fingerprint density at radius 3 is 2.94 bits per heavy atom. The highest BCUT2D eigenvalue weighted by atomic mass is 19.1. The van der Waals surface area contributed by atoms with E-state index >= 15 is 0 Å². The van der Waals surface area contributed by atoms with Gasteiger partial charge < -0.3 is 10.5 Å². The second kappa shape index (κ2) is 5.15. The van der Waals surface area contributed by atoms with Gasteiger partial charge in [-0.25, -0.2) is 4.39 Å². The van der Waals surface area contributed by atoms with Gasteiger partial charge in [-0.3, -0.25) is 0 Å². The van der Waals surface area contributed by atoms with Crippen LogP contribution in [0.3, 0.4) is 0 Å². The molecular weight excluding hydrogens is 217 g/mol. The molecule has 0 radical (unpaired) electrons. The molecule has 0 bridgehead atoms. The van der Waals surface area contributed by atoms with Gasteiger partial charge in [-0.15, -0.1) is 0 Å². The molecule has 1 heterocycles. The lowest BCUT2D eigenvalue weighted by Gasteiger charge is -2.24. The molecule has 2 N–H and O–H groups in total. The zero-order valence-corrected chi connectivity index (χ0v) is 10.4. The maximum Gasteiger partial charge on any atom is 0.126 e. The van der Waals surface area contributed by atoms with Crippen molar-refractivity contribution in [3.8, 4) is 0 Å². The van der Waals surface area contributed by atoms with E-state index < -0.39 is 0 Å². The molecule has 1 fully saturated rings. The van der Waals surface area contributed by atoms with Crippen LogP contribution in [0, 0.1) is 18.7 Å². The molecule has 0 amide bonds. The SMILES string of the molecule is CCC1OCCC1C(N)c1ccc(C)c(F)c1. The first-order valence-electron chi connectivity index (χ1n) is 6.26. The molecule has 3 heteroatoms. The molecule has 0 aliphatic carbocycles. The van der Waals surface area contributed by atoms with Gasteiger partial charge in [0.15, 0.2) is 0 Å². The lowest BCUT2D eigenvalue weighted by molar-refractivity contribution is 0.0813. The van der Waals surface area contributed by atoms with Crippen LogP contribution in [0.1, 0.15) is 36.9 Å². The van der Waals surface area contributed by atoms with Crippen LogP contribution in [-0.4, -0.2) is 12.7 Å². The quantitative estimate of drug-likeness (QED) is 0.877. The van der Waals surface area contributed by atoms with Crippen LogP contribution in [0.15, 0.2) is 18.2 Å². The number of benzene rings is 1. The minimum atomic E-state index is -0.176. The topological polar surface area (TPSA) is 35.2 Å². The van der Waals surface area contributed by atoms with Crippen molar-refractivity contribution in [2.75, 3.05) is 6.61 Å². The van der Waals surface area contributed by atoms with Crippen LogP contribution in [0.4, 0.5) is 4.39 Å². The zero-order chi connectivity index (χ0) is 12.4. The van der Waals surface area contributed by atoms with Gasteiger partial charge >= 0.3 is 0 Å². The first-order chi connectivity index (χ1) is 8.13. The minimum Gasteiger partial charge on any atom is -0.378 e. The predicted octanol–water partition coefficient (Wildman–Crippen LogP) is 2.95. The van der Waals surface area contributed by atoms with E-state index in [4.69, 9.17) is 10.5 Å². The Bertz CT molecular complexity index is 394. The van der Waals surface area contributed by atoms with E-state index in [1.807, 2.05) is 6.07 Å². The molecule has 0 spiro atoms. The van der Waals surface area contributed by atoms with E-state index in [0.717, 1.165) is 25.0 Å². The molecule has 17 heavy (non-hydrogen) atoms. The molecule has 1 saturated heterocycles. The summed E-state index contributed by atoms with van der Waals surface area (Å²) in [6.07, 6.45) is 2.15. The Morgan fingerprint density at radius 2 is 2.29 bits per heavy atom. The first-order valence-corrected chi connectivity index (χ1v) is 6.26. The molecule has 94 valence electrons. The van der Waals surface area contributed by atoms with E-state index in [1.54, 1.807) is 19.1 Å². The average Bonchev–Trinajstić information content (AvgIpc) is 2.80. The minimum absolute atomic E-state index is 0.127. The number of halogens is 1. The van der Waals surface area contributed by atoms with Crippen molar-refractivity contribution in [3.63, 3.8) is 0 Å². The van der Waals surface area contributed by atoms with Gasteiger partial charge in [0.1, 0.15) is 5.82 Å². The van der Waals surface area contributed by atoms with Crippen LogP contribution in [0.2, 0.25) is 0 Å². The summed E-state index contributed by atoms with van der Waals surface area (Å²) in [5, 5.41) is 0. The zero-order valence-electron chi connectivity index (χ0n) is 10.4. The van der Waals surface area contributed by atoms with Crippen LogP contribution < -0.4 is 5.73 Å². The van der Waals surface area contributed by atoms with Crippen LogP contribution in [0.5, 0.6) is 0 Å². The number of aryl methyl sites for hydroxylation is 1. The second-order valence-corrected chi connectivity index (χ2v) is 4.80. The number of hydrogen-bond donors (Lipinski definition) is 1. The molecule has 1 aromatic carbocycles. The van der Waals surface area contributed by atoms with Crippen molar-refractivity contribution in [3.05, 3.63) is 35.1 Å². The number of ether oxygens (including phenoxy) is 1. The molecule has 2 nitrogen and oxygen atoms in total. The Kier molecular flexibility index (Phi) is 3.79. The molecular formula is C14H20FNO. The van der Waals surface area contributed by atoms with Crippen molar-refractivity contribution < 1.29 is 9.13 Å². The third-order valence-corrected chi connectivity index (χ3v) is 3.71. The lowest BCUT2D eigenvalue weighted by atomic mass is 9.87. The highest BCUT2D eigenvalue weighted by molar-refractivity contribution is 5.26. The number of nitrogens with two attached hydrogens (primary N) is 1. The van der Waals surface area contributed by atoms with Crippen LogP contribution in [0.25, 0.3) is 0 Å². The summed E-state index contributed by atoms with van der Waals surface area (Å²) < 4.78 is 19.2. The van der Waals surface area contributed by atoms with E-state index in [-0.39, 0.29) is 18.0 Å². The van der Waals surface area contributed by atoms with E-state index in [2.05, 4.69) is 6.92 Å². The molecule has 0 saturated carbocycles. The maximum atomic E-state index is 13.5. The summed E-state index contributed by atoms with van der Waals surface area (Å²) in [5.74, 6) is 0.131. The smallest absolute Gasteiger partial charge is 0.126 e. The molecule has 1 aliphatic rings. The van der Waals surface area contributed by atoms with Crippen molar-refractivity contribution in [2.45, 2.75) is 38.8 Å². The van der Waals surface area contributed by atoms with Crippen molar-refractivity contribution in [2.24, 2.45) is 11.7 Å². The van der Waals surface area contributed by atoms with E-state index in [1.165, 1.54) is 0 Å². The summed E-state index contributed by atoms with van der Waals surface area (Å²) >= 11 is 0. The Morgan fingerprint density at radius 1 is 1.53 bits per heavy atom. The first kappa shape index (κ1) is 12.5. The molecule has 3 unspecified atom stereocenters. The van der Waals surface area contributed by atoms with Crippen LogP contribution >= 0.6 is 0 Å². The summed E-state index contributed by atoms with van der Waals surface area (Å²) in [6.45, 7) is 4.63. The van der Waals surface area contributed by atoms with Crippen molar-refractivity contribution in [1.82, 2.24) is 0 Å². The highest BCUT2D eigenvalue weighted by Crippen LogP contribution is 2.33. The average molecular weight is 237 g/mol.